The predicted molar refractivity (Wildman–Crippen MR) is 186 cm³/mol. The Morgan fingerprint density at radius 2 is 1.53 bits per heavy atom. The van der Waals surface area contributed by atoms with Crippen molar-refractivity contribution in [2.24, 2.45) is 13.0 Å². The van der Waals surface area contributed by atoms with Gasteiger partial charge in [-0.25, -0.2) is 4.39 Å². The van der Waals surface area contributed by atoms with E-state index in [-0.39, 0.29) is 23.5 Å². The van der Waals surface area contributed by atoms with E-state index in [4.69, 9.17) is 0 Å². The number of anilines is 1. The first-order valence-electron chi connectivity index (χ1n) is 16.6. The van der Waals surface area contributed by atoms with Crippen molar-refractivity contribution in [3.63, 3.8) is 0 Å². The molecule has 1 aromatic heterocycles. The first-order chi connectivity index (χ1) is 22.8. The van der Waals surface area contributed by atoms with Crippen LogP contribution in [-0.2, 0) is 11.8 Å². The fraction of sp³-hybridized carbons (Fsp3) is 0.300. The monoisotopic (exact) mass is 628 g/mol. The third kappa shape index (κ3) is 5.28. The average Bonchev–Trinajstić information content (AvgIpc) is 3.55. The number of benzene rings is 4. The van der Waals surface area contributed by atoms with Crippen LogP contribution in [0.3, 0.4) is 0 Å². The number of carbonyl (C=O) groups is 2. The number of aryl methyl sites for hydroxylation is 2. The molecule has 2 aliphatic rings. The normalized spacial score (nSPS) is 17.7. The van der Waals surface area contributed by atoms with Gasteiger partial charge >= 0.3 is 0 Å². The summed E-state index contributed by atoms with van der Waals surface area (Å²) in [6.07, 6.45) is 0.749. The van der Waals surface area contributed by atoms with Crippen LogP contribution in [0.5, 0.6) is 0 Å². The van der Waals surface area contributed by atoms with E-state index in [0.717, 1.165) is 45.4 Å². The summed E-state index contributed by atoms with van der Waals surface area (Å²) in [4.78, 5) is 35.4. The molecule has 3 heterocycles. The van der Waals surface area contributed by atoms with Crippen LogP contribution in [0, 0.1) is 18.7 Å². The number of nitrogens with zero attached hydrogens (tertiary/aromatic N) is 4. The Morgan fingerprint density at radius 3 is 2.23 bits per heavy atom. The van der Waals surface area contributed by atoms with Crippen molar-refractivity contribution in [1.82, 2.24) is 14.4 Å². The third-order valence-corrected chi connectivity index (χ3v) is 10.3. The van der Waals surface area contributed by atoms with E-state index < -0.39 is 12.1 Å². The first kappa shape index (κ1) is 30.7. The summed E-state index contributed by atoms with van der Waals surface area (Å²) in [5.74, 6) is -0.448. The average molecular weight is 629 g/mol. The lowest BCUT2D eigenvalue weighted by molar-refractivity contribution is -0.138. The number of hydrogen-bond acceptors (Lipinski definition) is 3. The molecule has 0 aliphatic carbocycles. The van der Waals surface area contributed by atoms with Crippen LogP contribution < -0.4 is 4.90 Å². The van der Waals surface area contributed by atoms with Gasteiger partial charge in [0.25, 0.3) is 5.91 Å². The summed E-state index contributed by atoms with van der Waals surface area (Å²) in [5, 5.41) is 1.08. The molecule has 7 rings (SSSR count). The van der Waals surface area contributed by atoms with Gasteiger partial charge in [0.2, 0.25) is 5.91 Å². The lowest BCUT2D eigenvalue weighted by atomic mass is 9.90. The number of rotatable bonds is 7. The molecule has 3 unspecified atom stereocenters. The van der Waals surface area contributed by atoms with Crippen LogP contribution in [0.2, 0.25) is 0 Å². The van der Waals surface area contributed by atoms with Crippen LogP contribution in [0.25, 0.3) is 22.2 Å². The highest BCUT2D eigenvalue weighted by atomic mass is 19.1. The molecule has 1 fully saturated rings. The minimum Gasteiger partial charge on any atom is -0.368 e. The van der Waals surface area contributed by atoms with Gasteiger partial charge in [0.1, 0.15) is 11.9 Å². The summed E-state index contributed by atoms with van der Waals surface area (Å²) in [6.45, 7) is 8.62. The van der Waals surface area contributed by atoms with Gasteiger partial charge in [-0.1, -0.05) is 86.5 Å². The van der Waals surface area contributed by atoms with Gasteiger partial charge in [-0.3, -0.25) is 9.59 Å². The molecule has 6 nitrogen and oxygen atoms in total. The SMILES string of the molecule is CCC(C)C(C(=O)N1CCN(c2ccc(F)cc2)CC1)N1C(=O)c2ccccc2C1c1c(-c2ccc(C)cc2)n(C)c2ccccc12. The molecule has 0 N–H and O–H groups in total. The predicted octanol–water partition coefficient (Wildman–Crippen LogP) is 7.60. The Labute approximate surface area is 276 Å². The number of aromatic nitrogens is 1. The Hall–Kier alpha value is -4.91. The zero-order valence-electron chi connectivity index (χ0n) is 27.5. The largest absolute Gasteiger partial charge is 0.368 e. The number of hydrogen-bond donors (Lipinski definition) is 0. The van der Waals surface area contributed by atoms with Crippen molar-refractivity contribution in [3.05, 3.63) is 125 Å². The topological polar surface area (TPSA) is 48.8 Å². The van der Waals surface area contributed by atoms with Crippen molar-refractivity contribution < 1.29 is 14.0 Å². The van der Waals surface area contributed by atoms with Crippen molar-refractivity contribution in [2.75, 3.05) is 31.1 Å². The van der Waals surface area contributed by atoms with E-state index in [9.17, 15) is 14.0 Å². The lowest BCUT2D eigenvalue weighted by Crippen LogP contribution is -2.57. The molecule has 2 aliphatic heterocycles. The minimum atomic E-state index is -0.646. The van der Waals surface area contributed by atoms with Crippen molar-refractivity contribution >= 4 is 28.4 Å². The molecule has 7 heteroatoms. The molecular weight excluding hydrogens is 587 g/mol. The Kier molecular flexibility index (Phi) is 8.08. The molecule has 0 radical (unpaired) electrons. The zero-order chi connectivity index (χ0) is 32.8. The summed E-state index contributed by atoms with van der Waals surface area (Å²) in [5.41, 5.74) is 7.97. The van der Waals surface area contributed by atoms with Crippen molar-refractivity contribution in [3.8, 4) is 11.3 Å². The second-order valence-corrected chi connectivity index (χ2v) is 13.0. The van der Waals surface area contributed by atoms with Gasteiger partial charge in [-0.05, 0) is 60.4 Å². The number of piperazine rings is 1. The van der Waals surface area contributed by atoms with Crippen molar-refractivity contribution in [1.29, 1.82) is 0 Å². The van der Waals surface area contributed by atoms with E-state index in [0.29, 0.717) is 31.7 Å². The number of amides is 2. The second kappa shape index (κ2) is 12.4. The standard InChI is InChI=1S/C40H41FN4O2/c1-5-27(3)36(40(47)44-24-22-43(23-25-44)30-20-18-29(41)19-21-30)45-38(31-10-6-7-11-32(31)39(45)46)35-33-12-8-9-13-34(33)42(4)37(35)28-16-14-26(2)15-17-28/h6-21,27,36,38H,5,22-25H2,1-4H3. The van der Waals surface area contributed by atoms with Crippen LogP contribution in [0.1, 0.15) is 53.4 Å². The summed E-state index contributed by atoms with van der Waals surface area (Å²) < 4.78 is 15.8. The fourth-order valence-corrected chi connectivity index (χ4v) is 7.56. The number of fused-ring (bicyclic) bond motifs is 2. The van der Waals surface area contributed by atoms with Gasteiger partial charge in [-0.2, -0.15) is 0 Å². The summed E-state index contributed by atoms with van der Waals surface area (Å²) in [7, 11) is 2.09. The third-order valence-electron chi connectivity index (χ3n) is 10.3. The van der Waals surface area contributed by atoms with E-state index in [1.165, 1.54) is 17.7 Å². The summed E-state index contributed by atoms with van der Waals surface area (Å²) in [6, 6.07) is 30.2. The summed E-state index contributed by atoms with van der Waals surface area (Å²) >= 11 is 0. The van der Waals surface area contributed by atoms with Crippen molar-refractivity contribution in [2.45, 2.75) is 39.3 Å². The zero-order valence-corrected chi connectivity index (χ0v) is 27.5. The molecule has 0 saturated carbocycles. The maximum atomic E-state index is 14.8. The molecule has 4 aromatic carbocycles. The highest BCUT2D eigenvalue weighted by molar-refractivity contribution is 6.04. The molecule has 47 heavy (non-hydrogen) atoms. The molecule has 1 saturated heterocycles. The van der Waals surface area contributed by atoms with Gasteiger partial charge in [0, 0.05) is 60.9 Å². The number of para-hydroxylation sites is 1. The van der Waals surface area contributed by atoms with Crippen LogP contribution in [0.15, 0.2) is 97.1 Å². The van der Waals surface area contributed by atoms with Gasteiger partial charge in [0.05, 0.1) is 11.7 Å². The van der Waals surface area contributed by atoms with E-state index in [1.807, 2.05) is 34.1 Å². The smallest absolute Gasteiger partial charge is 0.255 e. The van der Waals surface area contributed by atoms with Gasteiger partial charge in [-0.15, -0.1) is 0 Å². The van der Waals surface area contributed by atoms with Gasteiger partial charge < -0.3 is 19.3 Å². The highest BCUT2D eigenvalue weighted by Gasteiger charge is 2.48. The van der Waals surface area contributed by atoms with Gasteiger partial charge in [0.15, 0.2) is 0 Å². The quantitative estimate of drug-likeness (QED) is 0.187. The molecule has 3 atom stereocenters. The van der Waals surface area contributed by atoms with E-state index in [2.05, 4.69) is 85.8 Å². The Bertz CT molecular complexity index is 1940. The molecule has 5 aromatic rings. The fourth-order valence-electron chi connectivity index (χ4n) is 7.56. The van der Waals surface area contributed by atoms with Crippen LogP contribution in [-0.4, -0.2) is 58.4 Å². The molecule has 240 valence electrons. The Morgan fingerprint density at radius 1 is 0.872 bits per heavy atom. The van der Waals surface area contributed by atoms with Crippen LogP contribution in [0.4, 0.5) is 10.1 Å². The minimum absolute atomic E-state index is 0.0126. The number of carbonyl (C=O) groups excluding carboxylic acids is 2. The molecule has 2 amide bonds. The van der Waals surface area contributed by atoms with E-state index >= 15 is 0 Å². The Balaban J connectivity index is 1.33. The molecular formula is C40H41FN4O2. The maximum Gasteiger partial charge on any atom is 0.255 e. The lowest BCUT2D eigenvalue weighted by Gasteiger charge is -2.42. The molecule has 0 bridgehead atoms. The highest BCUT2D eigenvalue weighted by Crippen LogP contribution is 2.48. The van der Waals surface area contributed by atoms with E-state index in [1.54, 1.807) is 12.1 Å². The number of halogens is 1. The second-order valence-electron chi connectivity index (χ2n) is 13.0. The van der Waals surface area contributed by atoms with Crippen LogP contribution >= 0.6 is 0 Å². The molecule has 0 spiro atoms. The first-order valence-corrected chi connectivity index (χ1v) is 16.6. The maximum absolute atomic E-state index is 14.8.